The third-order valence-corrected chi connectivity index (χ3v) is 2.04. The van der Waals surface area contributed by atoms with Crippen LogP contribution in [0.2, 0.25) is 5.15 Å². The molecule has 1 aromatic rings. The maximum atomic E-state index is 11.5. The van der Waals surface area contributed by atoms with Gasteiger partial charge in [-0.2, -0.15) is 0 Å². The second-order valence-electron chi connectivity index (χ2n) is 3.08. The summed E-state index contributed by atoms with van der Waals surface area (Å²) in [6, 6.07) is 0.866. The zero-order valence-corrected chi connectivity index (χ0v) is 9.57. The van der Waals surface area contributed by atoms with E-state index in [0.717, 1.165) is 0 Å². The lowest BCUT2D eigenvalue weighted by atomic mass is 10.2. The number of nitrogens with one attached hydrogen (secondary N) is 1. The molecule has 0 spiro atoms. The monoisotopic (exact) mass is 244 g/mol. The van der Waals surface area contributed by atoms with E-state index in [-0.39, 0.29) is 17.0 Å². The maximum Gasteiger partial charge on any atom is 0.243 e. The number of ether oxygens (including phenoxy) is 1. The first-order chi connectivity index (χ1) is 7.63. The lowest BCUT2D eigenvalue weighted by molar-refractivity contribution is -0.117. The van der Waals surface area contributed by atoms with E-state index >= 15 is 0 Å². The molecule has 0 saturated heterocycles. The molecule has 6 nitrogen and oxygen atoms in total. The number of nitrogens with two attached hydrogens (primary N) is 1. The van der Waals surface area contributed by atoms with Crippen LogP contribution in [0.4, 0.5) is 5.95 Å². The predicted molar refractivity (Wildman–Crippen MR) is 60.1 cm³/mol. The highest BCUT2D eigenvalue weighted by Gasteiger charge is 2.14. The van der Waals surface area contributed by atoms with Crippen molar-refractivity contribution < 1.29 is 9.53 Å². The lowest BCUT2D eigenvalue weighted by Gasteiger charge is -2.10. The molecular formula is C9H13ClN4O2. The first-order valence-corrected chi connectivity index (χ1v) is 5.05. The number of halogens is 1. The van der Waals surface area contributed by atoms with Crippen molar-refractivity contribution >= 4 is 23.5 Å². The standard InChI is InChI=1S/C9H13ClN4O2/c1-16-5-3-6(11)8(15)14-9-12-4-2-7(10)13-9/h2,4,6H,3,5,11H2,1H3,(H,12,13,14,15). The molecule has 0 radical (unpaired) electrons. The van der Waals surface area contributed by atoms with E-state index in [2.05, 4.69) is 15.3 Å². The summed E-state index contributed by atoms with van der Waals surface area (Å²) >= 11 is 5.64. The molecule has 0 aliphatic rings. The van der Waals surface area contributed by atoms with Gasteiger partial charge in [0.25, 0.3) is 0 Å². The number of amides is 1. The Morgan fingerprint density at radius 2 is 2.50 bits per heavy atom. The number of anilines is 1. The molecule has 0 fully saturated rings. The summed E-state index contributed by atoms with van der Waals surface area (Å²) in [6.45, 7) is 0.422. The molecule has 1 aromatic heterocycles. The summed E-state index contributed by atoms with van der Waals surface area (Å²) in [7, 11) is 1.55. The van der Waals surface area contributed by atoms with Gasteiger partial charge in [-0.25, -0.2) is 9.97 Å². The molecular weight excluding hydrogens is 232 g/mol. The Balaban J connectivity index is 2.50. The van der Waals surface area contributed by atoms with Gasteiger partial charge >= 0.3 is 0 Å². The van der Waals surface area contributed by atoms with Gasteiger partial charge in [0.05, 0.1) is 6.04 Å². The van der Waals surface area contributed by atoms with Gasteiger partial charge in [-0.1, -0.05) is 11.6 Å². The van der Waals surface area contributed by atoms with Crippen LogP contribution in [0.1, 0.15) is 6.42 Å². The number of rotatable bonds is 5. The summed E-state index contributed by atoms with van der Waals surface area (Å²) in [5, 5.41) is 2.73. The van der Waals surface area contributed by atoms with Gasteiger partial charge in [-0.05, 0) is 12.5 Å². The van der Waals surface area contributed by atoms with Crippen molar-refractivity contribution in [3.05, 3.63) is 17.4 Å². The van der Waals surface area contributed by atoms with Crippen molar-refractivity contribution in [2.24, 2.45) is 5.73 Å². The Kier molecular flexibility index (Phi) is 5.10. The Morgan fingerprint density at radius 1 is 1.75 bits per heavy atom. The normalized spacial score (nSPS) is 12.2. The SMILES string of the molecule is COCCC(N)C(=O)Nc1nccc(Cl)n1. The van der Waals surface area contributed by atoms with Crippen LogP contribution in [0.3, 0.4) is 0 Å². The second-order valence-corrected chi connectivity index (χ2v) is 3.47. The summed E-state index contributed by atoms with van der Waals surface area (Å²) in [6.07, 6.45) is 1.88. The van der Waals surface area contributed by atoms with Crippen LogP contribution in [0.25, 0.3) is 0 Å². The van der Waals surface area contributed by atoms with Gasteiger partial charge in [-0.3, -0.25) is 10.1 Å². The number of hydrogen-bond donors (Lipinski definition) is 2. The largest absolute Gasteiger partial charge is 0.385 e. The van der Waals surface area contributed by atoms with E-state index in [1.54, 1.807) is 7.11 Å². The molecule has 0 bridgehead atoms. The highest BCUT2D eigenvalue weighted by Crippen LogP contribution is 2.06. The summed E-state index contributed by atoms with van der Waals surface area (Å²) < 4.78 is 4.82. The molecule has 1 atom stereocenters. The van der Waals surface area contributed by atoms with E-state index in [1.807, 2.05) is 0 Å². The van der Waals surface area contributed by atoms with Crippen molar-refractivity contribution in [3.8, 4) is 0 Å². The van der Waals surface area contributed by atoms with E-state index in [0.29, 0.717) is 13.0 Å². The minimum atomic E-state index is -0.650. The molecule has 1 amide bonds. The molecule has 0 aromatic carbocycles. The van der Waals surface area contributed by atoms with Crippen molar-refractivity contribution in [3.63, 3.8) is 0 Å². The average Bonchev–Trinajstić information content (AvgIpc) is 2.25. The first kappa shape index (κ1) is 12.8. The molecule has 1 heterocycles. The Bertz CT molecular complexity index is 361. The number of carbonyl (C=O) groups excluding carboxylic acids is 1. The van der Waals surface area contributed by atoms with Crippen LogP contribution in [0.5, 0.6) is 0 Å². The van der Waals surface area contributed by atoms with Crippen molar-refractivity contribution in [2.45, 2.75) is 12.5 Å². The summed E-state index contributed by atoms with van der Waals surface area (Å²) in [5.41, 5.74) is 5.61. The maximum absolute atomic E-state index is 11.5. The minimum Gasteiger partial charge on any atom is -0.385 e. The van der Waals surface area contributed by atoms with Crippen LogP contribution in [0, 0.1) is 0 Å². The fourth-order valence-corrected chi connectivity index (χ4v) is 1.11. The Morgan fingerprint density at radius 3 is 3.12 bits per heavy atom. The van der Waals surface area contributed by atoms with Gasteiger partial charge in [-0.15, -0.1) is 0 Å². The lowest BCUT2D eigenvalue weighted by Crippen LogP contribution is -2.36. The molecule has 0 saturated carbocycles. The van der Waals surface area contributed by atoms with Crippen LogP contribution in [0.15, 0.2) is 12.3 Å². The Labute approximate surface area is 98.2 Å². The zero-order valence-electron chi connectivity index (χ0n) is 8.81. The number of methoxy groups -OCH3 is 1. The predicted octanol–water partition coefficient (Wildman–Crippen LogP) is 0.432. The number of carbonyl (C=O) groups is 1. The number of nitrogens with zero attached hydrogens (tertiary/aromatic N) is 2. The molecule has 3 N–H and O–H groups in total. The molecule has 0 aliphatic heterocycles. The summed E-state index contributed by atoms with van der Waals surface area (Å²) in [5.74, 6) is -0.218. The van der Waals surface area contributed by atoms with Gasteiger partial charge < -0.3 is 10.5 Å². The summed E-state index contributed by atoms with van der Waals surface area (Å²) in [4.78, 5) is 19.2. The fourth-order valence-electron chi connectivity index (χ4n) is 0.976. The van der Waals surface area contributed by atoms with E-state index < -0.39 is 6.04 Å². The highest BCUT2D eigenvalue weighted by atomic mass is 35.5. The second kappa shape index (κ2) is 6.37. The number of hydrogen-bond acceptors (Lipinski definition) is 5. The van der Waals surface area contributed by atoms with Gasteiger partial charge in [0.1, 0.15) is 5.15 Å². The quantitative estimate of drug-likeness (QED) is 0.734. The first-order valence-electron chi connectivity index (χ1n) is 4.67. The highest BCUT2D eigenvalue weighted by molar-refractivity contribution is 6.29. The third-order valence-electron chi connectivity index (χ3n) is 1.83. The van der Waals surface area contributed by atoms with Crippen molar-refractivity contribution in [1.82, 2.24) is 9.97 Å². The molecule has 16 heavy (non-hydrogen) atoms. The topological polar surface area (TPSA) is 90.1 Å². The van der Waals surface area contributed by atoms with Gasteiger partial charge in [0.15, 0.2) is 0 Å². The average molecular weight is 245 g/mol. The Hall–Kier alpha value is -1.24. The molecule has 1 unspecified atom stereocenters. The van der Waals surface area contributed by atoms with E-state index in [4.69, 9.17) is 22.1 Å². The zero-order chi connectivity index (χ0) is 12.0. The van der Waals surface area contributed by atoms with Crippen LogP contribution < -0.4 is 11.1 Å². The van der Waals surface area contributed by atoms with Crippen LogP contribution in [-0.4, -0.2) is 35.6 Å². The van der Waals surface area contributed by atoms with E-state index in [9.17, 15) is 4.79 Å². The minimum absolute atomic E-state index is 0.144. The van der Waals surface area contributed by atoms with Crippen LogP contribution in [-0.2, 0) is 9.53 Å². The van der Waals surface area contributed by atoms with Gasteiger partial charge in [0, 0.05) is 19.9 Å². The third kappa shape index (κ3) is 4.09. The van der Waals surface area contributed by atoms with Crippen molar-refractivity contribution in [1.29, 1.82) is 0 Å². The molecule has 7 heteroatoms. The molecule has 88 valence electrons. The van der Waals surface area contributed by atoms with E-state index in [1.165, 1.54) is 12.3 Å². The molecule has 0 aliphatic carbocycles. The molecule has 1 rings (SSSR count). The number of aromatic nitrogens is 2. The van der Waals surface area contributed by atoms with Crippen LogP contribution >= 0.6 is 11.6 Å². The fraction of sp³-hybridized carbons (Fsp3) is 0.444. The van der Waals surface area contributed by atoms with Gasteiger partial charge in [0.2, 0.25) is 11.9 Å². The van der Waals surface area contributed by atoms with Crippen molar-refractivity contribution in [2.75, 3.05) is 19.0 Å². The smallest absolute Gasteiger partial charge is 0.243 e.